The molecular formula is C16H21N3O2. The lowest BCUT2D eigenvalue weighted by Gasteiger charge is -2.22. The average Bonchev–Trinajstić information content (AvgIpc) is 3.11. The number of amides is 1. The van der Waals surface area contributed by atoms with Gasteiger partial charge in [-0.3, -0.25) is 4.79 Å². The lowest BCUT2D eigenvalue weighted by atomic mass is 10.2. The van der Waals surface area contributed by atoms with Crippen LogP contribution in [0.1, 0.15) is 30.7 Å². The highest BCUT2D eigenvalue weighted by atomic mass is 16.3. The number of aliphatic hydroxyl groups is 1. The van der Waals surface area contributed by atoms with Gasteiger partial charge in [0.25, 0.3) is 0 Å². The average molecular weight is 287 g/mol. The van der Waals surface area contributed by atoms with Crippen LogP contribution >= 0.6 is 0 Å². The second-order valence-electron chi connectivity index (χ2n) is 5.72. The summed E-state index contributed by atoms with van der Waals surface area (Å²) in [6.07, 6.45) is 2.95. The van der Waals surface area contributed by atoms with Gasteiger partial charge in [-0.15, -0.1) is 0 Å². The van der Waals surface area contributed by atoms with Gasteiger partial charge in [0, 0.05) is 19.4 Å². The van der Waals surface area contributed by atoms with E-state index in [1.807, 2.05) is 30.0 Å². The molecule has 0 aliphatic carbocycles. The zero-order chi connectivity index (χ0) is 14.8. The van der Waals surface area contributed by atoms with E-state index >= 15 is 0 Å². The third-order valence-corrected chi connectivity index (χ3v) is 4.25. The zero-order valence-electron chi connectivity index (χ0n) is 12.3. The quantitative estimate of drug-likeness (QED) is 0.900. The number of aliphatic hydroxyl groups excluding tert-OH is 1. The van der Waals surface area contributed by atoms with Crippen LogP contribution < -0.4 is 0 Å². The van der Waals surface area contributed by atoms with Crippen LogP contribution in [0.25, 0.3) is 11.0 Å². The molecule has 5 nitrogen and oxygen atoms in total. The molecule has 1 saturated heterocycles. The van der Waals surface area contributed by atoms with Gasteiger partial charge in [-0.25, -0.2) is 4.98 Å². The van der Waals surface area contributed by atoms with Crippen molar-refractivity contribution in [1.29, 1.82) is 0 Å². The number of hydrogen-bond acceptors (Lipinski definition) is 3. The molecule has 0 unspecified atom stereocenters. The van der Waals surface area contributed by atoms with Crippen LogP contribution in [0.15, 0.2) is 18.2 Å². The number of carbonyl (C=O) groups excluding carboxylic acids is 1. The van der Waals surface area contributed by atoms with Gasteiger partial charge >= 0.3 is 0 Å². The molecule has 1 aliphatic rings. The van der Waals surface area contributed by atoms with E-state index in [9.17, 15) is 9.90 Å². The fraction of sp³-hybridized carbons (Fsp3) is 0.500. The fourth-order valence-corrected chi connectivity index (χ4v) is 3.07. The molecule has 2 heterocycles. The fourth-order valence-electron chi connectivity index (χ4n) is 3.07. The molecule has 1 atom stereocenters. The summed E-state index contributed by atoms with van der Waals surface area (Å²) in [5.41, 5.74) is 3.14. The summed E-state index contributed by atoms with van der Waals surface area (Å²) in [5, 5.41) is 9.28. The number of aromatic amines is 1. The van der Waals surface area contributed by atoms with Crippen molar-refractivity contribution in [1.82, 2.24) is 14.9 Å². The standard InChI is InChI=1S/C16H21N3O2/c1-11-4-2-6-13-16(11)18-14(17-13)7-8-15(21)19-9-3-5-12(19)10-20/h2,4,6,12,20H,3,5,7-10H2,1H3,(H,17,18)/t12-/m1/s1. The first kappa shape index (κ1) is 14.1. The summed E-state index contributed by atoms with van der Waals surface area (Å²) in [6, 6.07) is 6.05. The van der Waals surface area contributed by atoms with E-state index in [2.05, 4.69) is 9.97 Å². The summed E-state index contributed by atoms with van der Waals surface area (Å²) >= 11 is 0. The Bertz CT molecular complexity index is 650. The van der Waals surface area contributed by atoms with Crippen molar-refractivity contribution in [3.8, 4) is 0 Å². The van der Waals surface area contributed by atoms with Gasteiger partial charge in [0.1, 0.15) is 5.82 Å². The Morgan fingerprint density at radius 1 is 1.52 bits per heavy atom. The second-order valence-corrected chi connectivity index (χ2v) is 5.72. The second kappa shape index (κ2) is 5.85. The molecule has 0 spiro atoms. The number of imidazole rings is 1. The third-order valence-electron chi connectivity index (χ3n) is 4.25. The monoisotopic (exact) mass is 287 g/mol. The number of carbonyl (C=O) groups is 1. The molecule has 1 aliphatic heterocycles. The first-order valence-electron chi connectivity index (χ1n) is 7.53. The highest BCUT2D eigenvalue weighted by Crippen LogP contribution is 2.19. The summed E-state index contributed by atoms with van der Waals surface area (Å²) in [4.78, 5) is 21.9. The number of hydrogen-bond donors (Lipinski definition) is 2. The van der Waals surface area contributed by atoms with E-state index in [0.717, 1.165) is 41.8 Å². The number of para-hydroxylation sites is 1. The lowest BCUT2D eigenvalue weighted by molar-refractivity contribution is -0.132. The van der Waals surface area contributed by atoms with Gasteiger partial charge in [0.2, 0.25) is 5.91 Å². The predicted octanol–water partition coefficient (Wildman–Crippen LogP) is 1.79. The minimum absolute atomic E-state index is 0.00965. The summed E-state index contributed by atoms with van der Waals surface area (Å²) < 4.78 is 0. The number of aromatic nitrogens is 2. The maximum absolute atomic E-state index is 12.2. The van der Waals surface area contributed by atoms with Crippen molar-refractivity contribution in [3.63, 3.8) is 0 Å². The maximum Gasteiger partial charge on any atom is 0.223 e. The number of nitrogens with one attached hydrogen (secondary N) is 1. The Balaban J connectivity index is 1.66. The number of nitrogens with zero attached hydrogens (tertiary/aromatic N) is 2. The van der Waals surface area contributed by atoms with Gasteiger partial charge in [-0.05, 0) is 31.4 Å². The van der Waals surface area contributed by atoms with E-state index in [4.69, 9.17) is 0 Å². The van der Waals surface area contributed by atoms with E-state index in [1.54, 1.807) is 0 Å². The SMILES string of the molecule is Cc1cccc2[nH]c(CCC(=O)N3CCC[C@@H]3CO)nc12. The molecule has 112 valence electrons. The largest absolute Gasteiger partial charge is 0.394 e. The molecule has 5 heteroatoms. The molecule has 1 aromatic heterocycles. The molecule has 2 N–H and O–H groups in total. The molecule has 3 rings (SSSR count). The molecule has 1 fully saturated rings. The summed E-state index contributed by atoms with van der Waals surface area (Å²) in [5.74, 6) is 0.969. The third kappa shape index (κ3) is 2.78. The number of fused-ring (bicyclic) bond motifs is 1. The Hall–Kier alpha value is -1.88. The summed E-state index contributed by atoms with van der Waals surface area (Å²) in [7, 11) is 0. The van der Waals surface area contributed by atoms with Gasteiger partial charge in [0.15, 0.2) is 0 Å². The van der Waals surface area contributed by atoms with Crippen molar-refractivity contribution in [2.75, 3.05) is 13.2 Å². The first-order valence-corrected chi connectivity index (χ1v) is 7.53. The highest BCUT2D eigenvalue weighted by Gasteiger charge is 2.27. The van der Waals surface area contributed by atoms with Crippen LogP contribution in [0.4, 0.5) is 0 Å². The van der Waals surface area contributed by atoms with Crippen molar-refractivity contribution in [3.05, 3.63) is 29.6 Å². The molecule has 21 heavy (non-hydrogen) atoms. The zero-order valence-corrected chi connectivity index (χ0v) is 12.3. The van der Waals surface area contributed by atoms with E-state index < -0.39 is 0 Å². The smallest absolute Gasteiger partial charge is 0.223 e. The first-order chi connectivity index (χ1) is 10.2. The van der Waals surface area contributed by atoms with Gasteiger partial charge < -0.3 is 15.0 Å². The Labute approximate surface area is 124 Å². The van der Waals surface area contributed by atoms with Crippen molar-refractivity contribution in [2.24, 2.45) is 0 Å². The number of H-pyrrole nitrogens is 1. The number of likely N-dealkylation sites (tertiary alicyclic amines) is 1. The van der Waals surface area contributed by atoms with Crippen molar-refractivity contribution < 1.29 is 9.90 Å². The van der Waals surface area contributed by atoms with E-state index in [0.29, 0.717) is 12.8 Å². The normalized spacial score (nSPS) is 18.6. The van der Waals surface area contributed by atoms with Crippen LogP contribution in [0, 0.1) is 6.92 Å². The minimum atomic E-state index is 0.00965. The van der Waals surface area contributed by atoms with Gasteiger partial charge in [-0.1, -0.05) is 12.1 Å². The topological polar surface area (TPSA) is 69.2 Å². The molecule has 0 radical (unpaired) electrons. The predicted molar refractivity (Wildman–Crippen MR) is 81.0 cm³/mol. The number of benzene rings is 1. The van der Waals surface area contributed by atoms with Crippen molar-refractivity contribution in [2.45, 2.75) is 38.6 Å². The molecule has 1 aromatic carbocycles. The Morgan fingerprint density at radius 3 is 3.14 bits per heavy atom. The van der Waals surface area contributed by atoms with E-state index in [1.165, 1.54) is 0 Å². The molecule has 0 saturated carbocycles. The Morgan fingerprint density at radius 2 is 2.38 bits per heavy atom. The molecule has 0 bridgehead atoms. The Kier molecular flexibility index (Phi) is 3.92. The van der Waals surface area contributed by atoms with Crippen LogP contribution in [0.3, 0.4) is 0 Å². The molecule has 2 aromatic rings. The molecule has 1 amide bonds. The minimum Gasteiger partial charge on any atom is -0.394 e. The van der Waals surface area contributed by atoms with Gasteiger partial charge in [-0.2, -0.15) is 0 Å². The van der Waals surface area contributed by atoms with Crippen LogP contribution in [-0.4, -0.2) is 45.1 Å². The number of aryl methyl sites for hydroxylation is 2. The molecular weight excluding hydrogens is 266 g/mol. The van der Waals surface area contributed by atoms with Gasteiger partial charge in [0.05, 0.1) is 23.7 Å². The van der Waals surface area contributed by atoms with Crippen LogP contribution in [0.5, 0.6) is 0 Å². The number of rotatable bonds is 4. The van der Waals surface area contributed by atoms with E-state index in [-0.39, 0.29) is 18.6 Å². The van der Waals surface area contributed by atoms with Crippen molar-refractivity contribution >= 4 is 16.9 Å². The van der Waals surface area contributed by atoms with Crippen LogP contribution in [-0.2, 0) is 11.2 Å². The summed E-state index contributed by atoms with van der Waals surface area (Å²) in [6.45, 7) is 2.87. The van der Waals surface area contributed by atoms with Crippen LogP contribution in [0.2, 0.25) is 0 Å². The lowest BCUT2D eigenvalue weighted by Crippen LogP contribution is -2.37. The maximum atomic E-state index is 12.2. The highest BCUT2D eigenvalue weighted by molar-refractivity contribution is 5.79.